The minimum Gasteiger partial charge on any atom is -0.356 e. The van der Waals surface area contributed by atoms with Crippen molar-refractivity contribution < 1.29 is 4.79 Å². The molecule has 3 aliphatic carbocycles. The van der Waals surface area contributed by atoms with E-state index in [0.717, 1.165) is 24.3 Å². The fraction of sp³-hybridized carbons (Fsp3) is 0.909. The van der Waals surface area contributed by atoms with Crippen molar-refractivity contribution in [2.75, 3.05) is 6.54 Å². The molecule has 2 heteroatoms. The van der Waals surface area contributed by atoms with Crippen LogP contribution in [0.1, 0.15) is 39.0 Å². The Bertz CT molecular complexity index is 194. The van der Waals surface area contributed by atoms with Crippen molar-refractivity contribution >= 4 is 5.91 Å². The molecular weight excluding hydrogens is 162 g/mol. The summed E-state index contributed by atoms with van der Waals surface area (Å²) in [6.45, 7) is 2.54. The van der Waals surface area contributed by atoms with E-state index in [9.17, 15) is 4.79 Å². The van der Waals surface area contributed by atoms with Gasteiger partial charge in [-0.25, -0.2) is 0 Å². The Morgan fingerprint density at radius 2 is 2.00 bits per heavy atom. The molecule has 0 aromatic heterocycles. The monoisotopic (exact) mass is 181 g/mol. The zero-order valence-corrected chi connectivity index (χ0v) is 8.38. The number of carbonyl (C=O) groups excluding carboxylic acids is 1. The molecule has 2 bridgehead atoms. The molecule has 74 valence electrons. The molecule has 0 spiro atoms. The number of amides is 1. The number of hydrogen-bond acceptors (Lipinski definition) is 1. The summed E-state index contributed by atoms with van der Waals surface area (Å²) in [6.07, 6.45) is 7.08. The van der Waals surface area contributed by atoms with Gasteiger partial charge in [-0.3, -0.25) is 4.79 Å². The largest absolute Gasteiger partial charge is 0.356 e. The van der Waals surface area contributed by atoms with E-state index < -0.39 is 0 Å². The minimum absolute atomic E-state index is 0.126. The predicted octanol–water partition coefficient (Wildman–Crippen LogP) is 1.95. The molecule has 13 heavy (non-hydrogen) atoms. The van der Waals surface area contributed by atoms with Gasteiger partial charge >= 0.3 is 0 Å². The van der Waals surface area contributed by atoms with Gasteiger partial charge < -0.3 is 5.32 Å². The first-order valence-electron chi connectivity index (χ1n) is 5.50. The Hall–Kier alpha value is -0.530. The lowest BCUT2D eigenvalue weighted by atomic mass is 9.65. The van der Waals surface area contributed by atoms with Gasteiger partial charge in [0.2, 0.25) is 5.91 Å². The number of fused-ring (bicyclic) bond motifs is 3. The van der Waals surface area contributed by atoms with E-state index in [4.69, 9.17) is 0 Å². The number of carbonyl (C=O) groups is 1. The van der Waals surface area contributed by atoms with E-state index in [1.54, 1.807) is 6.92 Å². The third-order valence-corrected chi connectivity index (χ3v) is 3.81. The highest BCUT2D eigenvalue weighted by Gasteiger charge is 2.35. The van der Waals surface area contributed by atoms with E-state index in [0.29, 0.717) is 0 Å². The van der Waals surface area contributed by atoms with Gasteiger partial charge in [-0.2, -0.15) is 0 Å². The van der Waals surface area contributed by atoms with Crippen LogP contribution in [-0.2, 0) is 4.79 Å². The van der Waals surface area contributed by atoms with Crippen LogP contribution in [0, 0.1) is 17.8 Å². The lowest BCUT2D eigenvalue weighted by molar-refractivity contribution is -0.119. The van der Waals surface area contributed by atoms with Crippen LogP contribution in [0.25, 0.3) is 0 Å². The molecule has 1 N–H and O–H groups in total. The van der Waals surface area contributed by atoms with Crippen molar-refractivity contribution in [1.82, 2.24) is 5.32 Å². The zero-order chi connectivity index (χ0) is 9.26. The second-order valence-electron chi connectivity index (χ2n) is 4.71. The van der Waals surface area contributed by atoms with Gasteiger partial charge in [-0.1, -0.05) is 12.8 Å². The lowest BCUT2D eigenvalue weighted by Crippen LogP contribution is -2.38. The van der Waals surface area contributed by atoms with E-state index in [2.05, 4.69) is 5.32 Å². The summed E-state index contributed by atoms with van der Waals surface area (Å²) in [5.41, 5.74) is 0. The van der Waals surface area contributed by atoms with Gasteiger partial charge in [0, 0.05) is 13.5 Å². The highest BCUT2D eigenvalue weighted by Crippen LogP contribution is 2.44. The Morgan fingerprint density at radius 3 is 2.46 bits per heavy atom. The maximum atomic E-state index is 10.8. The standard InChI is InChI=1S/C11H19NO/c1-8(13)12-7-11-6-9-2-4-10(11)5-3-9/h9-11H,2-7H2,1H3,(H,12,13). The van der Waals surface area contributed by atoms with Gasteiger partial charge in [0.25, 0.3) is 0 Å². The summed E-state index contributed by atoms with van der Waals surface area (Å²) in [6, 6.07) is 0. The van der Waals surface area contributed by atoms with Crippen molar-refractivity contribution in [3.8, 4) is 0 Å². The molecule has 2 nitrogen and oxygen atoms in total. The molecule has 3 rings (SSSR count). The summed E-state index contributed by atoms with van der Waals surface area (Å²) in [4.78, 5) is 10.8. The fourth-order valence-corrected chi connectivity index (χ4v) is 3.04. The average Bonchev–Trinajstić information content (AvgIpc) is 2.17. The van der Waals surface area contributed by atoms with Gasteiger partial charge in [0.15, 0.2) is 0 Å². The van der Waals surface area contributed by atoms with Gasteiger partial charge in [-0.15, -0.1) is 0 Å². The van der Waals surface area contributed by atoms with Crippen LogP contribution < -0.4 is 5.32 Å². The molecule has 0 saturated heterocycles. The quantitative estimate of drug-likeness (QED) is 0.693. The minimum atomic E-state index is 0.126. The van der Waals surface area contributed by atoms with Crippen LogP contribution in [0.15, 0.2) is 0 Å². The van der Waals surface area contributed by atoms with Gasteiger partial charge in [0.05, 0.1) is 0 Å². The molecule has 0 heterocycles. The van der Waals surface area contributed by atoms with Crippen LogP contribution in [0.2, 0.25) is 0 Å². The van der Waals surface area contributed by atoms with Crippen molar-refractivity contribution in [2.45, 2.75) is 39.0 Å². The normalized spacial score (nSPS) is 37.5. The molecule has 0 aromatic carbocycles. The van der Waals surface area contributed by atoms with Crippen LogP contribution >= 0.6 is 0 Å². The second-order valence-corrected chi connectivity index (χ2v) is 4.71. The molecule has 0 aliphatic heterocycles. The average molecular weight is 181 g/mol. The first kappa shape index (κ1) is 9.04. The lowest BCUT2D eigenvalue weighted by Gasteiger charge is -2.42. The van der Waals surface area contributed by atoms with Gasteiger partial charge in [-0.05, 0) is 37.0 Å². The number of rotatable bonds is 2. The van der Waals surface area contributed by atoms with E-state index >= 15 is 0 Å². The molecule has 3 aliphatic rings. The van der Waals surface area contributed by atoms with Crippen molar-refractivity contribution in [1.29, 1.82) is 0 Å². The summed E-state index contributed by atoms with van der Waals surface area (Å²) >= 11 is 0. The first-order chi connectivity index (χ1) is 6.25. The van der Waals surface area contributed by atoms with E-state index in [-0.39, 0.29) is 5.91 Å². The molecule has 1 unspecified atom stereocenters. The Kier molecular flexibility index (Phi) is 2.56. The van der Waals surface area contributed by atoms with E-state index in [1.807, 2.05) is 0 Å². The molecule has 3 saturated carbocycles. The molecule has 0 radical (unpaired) electrons. The Balaban J connectivity index is 1.83. The van der Waals surface area contributed by atoms with Crippen LogP contribution in [0.5, 0.6) is 0 Å². The molecule has 1 amide bonds. The molecule has 0 aromatic rings. The second kappa shape index (κ2) is 3.69. The smallest absolute Gasteiger partial charge is 0.216 e. The van der Waals surface area contributed by atoms with Crippen LogP contribution in [0.4, 0.5) is 0 Å². The molecular formula is C11H19NO. The maximum absolute atomic E-state index is 10.8. The van der Waals surface area contributed by atoms with Crippen molar-refractivity contribution in [3.63, 3.8) is 0 Å². The summed E-state index contributed by atoms with van der Waals surface area (Å²) in [5, 5.41) is 2.96. The zero-order valence-electron chi connectivity index (χ0n) is 8.38. The van der Waals surface area contributed by atoms with Crippen LogP contribution in [0.3, 0.4) is 0 Å². The third kappa shape index (κ3) is 2.04. The highest BCUT2D eigenvalue weighted by atomic mass is 16.1. The Morgan fingerprint density at radius 1 is 1.31 bits per heavy atom. The topological polar surface area (TPSA) is 29.1 Å². The third-order valence-electron chi connectivity index (χ3n) is 3.81. The predicted molar refractivity (Wildman–Crippen MR) is 52.2 cm³/mol. The maximum Gasteiger partial charge on any atom is 0.216 e. The highest BCUT2D eigenvalue weighted by molar-refractivity contribution is 5.72. The fourth-order valence-electron chi connectivity index (χ4n) is 3.04. The summed E-state index contributed by atoms with van der Waals surface area (Å²) < 4.78 is 0. The molecule has 3 fully saturated rings. The summed E-state index contributed by atoms with van der Waals surface area (Å²) in [5.74, 6) is 2.80. The van der Waals surface area contributed by atoms with Crippen molar-refractivity contribution in [3.05, 3.63) is 0 Å². The number of hydrogen-bond donors (Lipinski definition) is 1. The van der Waals surface area contributed by atoms with Crippen molar-refractivity contribution in [2.24, 2.45) is 17.8 Å². The first-order valence-corrected chi connectivity index (χ1v) is 5.50. The molecule has 1 atom stereocenters. The Labute approximate surface area is 80.1 Å². The van der Waals surface area contributed by atoms with Gasteiger partial charge in [0.1, 0.15) is 0 Å². The SMILES string of the molecule is CC(=O)NCC1CC2CCC1CC2. The number of nitrogens with one attached hydrogen (secondary N) is 1. The van der Waals surface area contributed by atoms with E-state index in [1.165, 1.54) is 32.1 Å². The summed E-state index contributed by atoms with van der Waals surface area (Å²) in [7, 11) is 0. The van der Waals surface area contributed by atoms with Crippen LogP contribution in [-0.4, -0.2) is 12.5 Å².